The van der Waals surface area contributed by atoms with Crippen LogP contribution in [0.25, 0.3) is 16.8 Å². The Morgan fingerprint density at radius 3 is 2.59 bits per heavy atom. The minimum Gasteiger partial charge on any atom is -0.383 e. The molecule has 0 bridgehead atoms. The minimum atomic E-state index is -4.76. The molecule has 3 aromatic rings. The summed E-state index contributed by atoms with van der Waals surface area (Å²) >= 11 is 0. The van der Waals surface area contributed by atoms with Gasteiger partial charge in [-0.2, -0.15) is 22.8 Å². The maximum absolute atomic E-state index is 13.6. The summed E-state index contributed by atoms with van der Waals surface area (Å²) in [5.74, 6) is -0.443. The normalized spacial score (nSPS) is 11.8. The van der Waals surface area contributed by atoms with E-state index < -0.39 is 23.3 Å². The molecule has 154 valence electrons. The molecule has 3 rings (SSSR count). The topological polar surface area (TPSA) is 88.5 Å². The number of carbonyl (C=O) groups is 1. The lowest BCUT2D eigenvalue weighted by molar-refractivity contribution is -0.140. The van der Waals surface area contributed by atoms with Crippen molar-refractivity contribution in [1.82, 2.24) is 19.9 Å². The average Bonchev–Trinajstić information content (AvgIpc) is 3.06. The standard InChI is InChI=1S/C19H19F3N4O3/c1-11-13(10-14(27)23-8-9-29-2)18(28)26-17(24-11)15(12-6-4-3-5-7-12)16(25-26)19(20,21)22/h3-7,24H,8-10H2,1-2H3,(H,23,27). The van der Waals surface area contributed by atoms with Crippen molar-refractivity contribution in [3.63, 3.8) is 0 Å². The van der Waals surface area contributed by atoms with Crippen LogP contribution in [0.1, 0.15) is 17.0 Å². The van der Waals surface area contributed by atoms with Gasteiger partial charge in [-0.1, -0.05) is 30.3 Å². The van der Waals surface area contributed by atoms with Crippen LogP contribution < -0.4 is 10.9 Å². The van der Waals surface area contributed by atoms with Gasteiger partial charge in [-0.05, 0) is 12.5 Å². The maximum atomic E-state index is 13.6. The summed E-state index contributed by atoms with van der Waals surface area (Å²) in [6.07, 6.45) is -5.05. The quantitative estimate of drug-likeness (QED) is 0.613. The Bertz CT molecular complexity index is 1090. The van der Waals surface area contributed by atoms with E-state index in [4.69, 9.17) is 4.74 Å². The van der Waals surface area contributed by atoms with Crippen LogP contribution in [0.5, 0.6) is 0 Å². The van der Waals surface area contributed by atoms with Gasteiger partial charge >= 0.3 is 6.18 Å². The van der Waals surface area contributed by atoms with Gasteiger partial charge in [0.1, 0.15) is 5.65 Å². The number of H-pyrrole nitrogens is 1. The van der Waals surface area contributed by atoms with Crippen molar-refractivity contribution in [3.05, 3.63) is 57.6 Å². The second-order valence-electron chi connectivity index (χ2n) is 6.40. The van der Waals surface area contributed by atoms with Crippen LogP contribution >= 0.6 is 0 Å². The third-order valence-electron chi connectivity index (χ3n) is 4.39. The number of rotatable bonds is 6. The van der Waals surface area contributed by atoms with Crippen LogP contribution in [0.3, 0.4) is 0 Å². The molecular formula is C19H19F3N4O3. The van der Waals surface area contributed by atoms with Crippen molar-refractivity contribution < 1.29 is 22.7 Å². The van der Waals surface area contributed by atoms with Gasteiger partial charge in [-0.3, -0.25) is 9.59 Å². The molecule has 1 amide bonds. The lowest BCUT2D eigenvalue weighted by Crippen LogP contribution is -2.32. The van der Waals surface area contributed by atoms with Gasteiger partial charge in [0.15, 0.2) is 5.69 Å². The zero-order valence-corrected chi connectivity index (χ0v) is 15.8. The minimum absolute atomic E-state index is 0.0447. The Labute approximate surface area is 163 Å². The smallest absolute Gasteiger partial charge is 0.383 e. The molecule has 29 heavy (non-hydrogen) atoms. The monoisotopic (exact) mass is 408 g/mol. The van der Waals surface area contributed by atoms with Gasteiger partial charge in [0.2, 0.25) is 5.91 Å². The van der Waals surface area contributed by atoms with Crippen LogP contribution in [-0.4, -0.2) is 40.8 Å². The first-order valence-electron chi connectivity index (χ1n) is 8.76. The van der Waals surface area contributed by atoms with Crippen LogP contribution in [0, 0.1) is 6.92 Å². The molecule has 0 spiro atoms. The first kappa shape index (κ1) is 20.6. The number of carbonyl (C=O) groups excluding carboxylic acids is 1. The molecule has 0 saturated carbocycles. The molecule has 0 saturated heterocycles. The summed E-state index contributed by atoms with van der Waals surface area (Å²) in [5, 5.41) is 6.12. The van der Waals surface area contributed by atoms with Crippen molar-refractivity contribution >= 4 is 11.6 Å². The molecule has 0 radical (unpaired) electrons. The molecule has 7 nitrogen and oxygen atoms in total. The van der Waals surface area contributed by atoms with Gasteiger partial charge in [-0.25, -0.2) is 0 Å². The Kier molecular flexibility index (Phi) is 5.73. The average molecular weight is 408 g/mol. The Morgan fingerprint density at radius 1 is 1.28 bits per heavy atom. The summed E-state index contributed by atoms with van der Waals surface area (Å²) in [5.41, 5.74) is -1.61. The summed E-state index contributed by atoms with van der Waals surface area (Å²) < 4.78 is 46.4. The highest BCUT2D eigenvalue weighted by Crippen LogP contribution is 2.38. The van der Waals surface area contributed by atoms with Crippen molar-refractivity contribution in [2.45, 2.75) is 19.5 Å². The number of aromatic nitrogens is 3. The van der Waals surface area contributed by atoms with E-state index in [1.54, 1.807) is 18.2 Å². The number of methoxy groups -OCH3 is 1. The third kappa shape index (κ3) is 4.16. The number of halogens is 3. The highest BCUT2D eigenvalue weighted by atomic mass is 19.4. The summed E-state index contributed by atoms with van der Waals surface area (Å²) in [6, 6.07) is 7.90. The molecule has 1 aromatic carbocycles. The zero-order valence-electron chi connectivity index (χ0n) is 15.8. The van der Waals surface area contributed by atoms with E-state index in [0.29, 0.717) is 16.8 Å². The largest absolute Gasteiger partial charge is 0.435 e. The van der Waals surface area contributed by atoms with E-state index in [1.807, 2.05) is 0 Å². The van der Waals surface area contributed by atoms with E-state index in [9.17, 15) is 22.8 Å². The Hall–Kier alpha value is -3.14. The van der Waals surface area contributed by atoms with E-state index >= 15 is 0 Å². The fraction of sp³-hybridized carbons (Fsp3) is 0.316. The number of alkyl halides is 3. The first-order chi connectivity index (χ1) is 13.7. The van der Waals surface area contributed by atoms with Crippen molar-refractivity contribution in [3.8, 4) is 11.1 Å². The molecule has 2 aromatic heterocycles. The number of nitrogens with zero attached hydrogens (tertiary/aromatic N) is 2. The first-order valence-corrected chi connectivity index (χ1v) is 8.76. The fourth-order valence-corrected chi connectivity index (χ4v) is 3.02. The van der Waals surface area contributed by atoms with Crippen LogP contribution in [0.2, 0.25) is 0 Å². The molecule has 10 heteroatoms. The SMILES string of the molecule is COCCNC(=O)Cc1c(C)[nH]c2c(-c3ccccc3)c(C(F)(F)F)nn2c1=O. The van der Waals surface area contributed by atoms with Gasteiger partial charge in [0, 0.05) is 24.9 Å². The molecular weight excluding hydrogens is 389 g/mol. The Morgan fingerprint density at radius 2 is 1.97 bits per heavy atom. The van der Waals surface area contributed by atoms with Gasteiger partial charge < -0.3 is 15.0 Å². The molecule has 0 fully saturated rings. The fourth-order valence-electron chi connectivity index (χ4n) is 3.02. The number of fused-ring (bicyclic) bond motifs is 1. The second kappa shape index (κ2) is 8.08. The van der Waals surface area contributed by atoms with E-state index in [0.717, 1.165) is 0 Å². The predicted molar refractivity (Wildman–Crippen MR) is 99.6 cm³/mol. The summed E-state index contributed by atoms with van der Waals surface area (Å²) in [4.78, 5) is 27.7. The van der Waals surface area contributed by atoms with E-state index in [2.05, 4.69) is 15.4 Å². The molecule has 0 aliphatic heterocycles. The molecule has 2 heterocycles. The van der Waals surface area contributed by atoms with E-state index in [1.165, 1.54) is 26.2 Å². The molecule has 0 unspecified atom stereocenters. The number of aromatic amines is 1. The zero-order chi connectivity index (χ0) is 21.2. The highest BCUT2D eigenvalue weighted by Gasteiger charge is 2.39. The lowest BCUT2D eigenvalue weighted by Gasteiger charge is -2.09. The number of aryl methyl sites for hydroxylation is 1. The number of hydrogen-bond donors (Lipinski definition) is 2. The summed E-state index contributed by atoms with van der Waals surface area (Å²) in [6.45, 7) is 2.09. The lowest BCUT2D eigenvalue weighted by atomic mass is 10.1. The van der Waals surface area contributed by atoms with Crippen LogP contribution in [-0.2, 0) is 22.1 Å². The number of benzene rings is 1. The maximum Gasteiger partial charge on any atom is 0.435 e. The third-order valence-corrected chi connectivity index (χ3v) is 4.39. The Balaban J connectivity index is 2.14. The number of nitrogens with one attached hydrogen (secondary N) is 2. The van der Waals surface area contributed by atoms with Gasteiger partial charge in [0.05, 0.1) is 18.6 Å². The molecule has 0 atom stereocenters. The van der Waals surface area contributed by atoms with E-state index in [-0.39, 0.29) is 35.3 Å². The number of amides is 1. The van der Waals surface area contributed by atoms with Crippen molar-refractivity contribution in [2.24, 2.45) is 0 Å². The summed E-state index contributed by atoms with van der Waals surface area (Å²) in [7, 11) is 1.48. The van der Waals surface area contributed by atoms with Crippen LogP contribution in [0.4, 0.5) is 13.2 Å². The number of ether oxygens (including phenoxy) is 1. The molecule has 2 N–H and O–H groups in total. The van der Waals surface area contributed by atoms with Crippen molar-refractivity contribution in [1.29, 1.82) is 0 Å². The highest BCUT2D eigenvalue weighted by molar-refractivity contribution is 5.81. The van der Waals surface area contributed by atoms with Crippen molar-refractivity contribution in [2.75, 3.05) is 20.3 Å². The molecule has 0 aliphatic rings. The molecule has 0 aliphatic carbocycles. The predicted octanol–water partition coefficient (Wildman–Crippen LogP) is 2.32. The van der Waals surface area contributed by atoms with Crippen LogP contribution in [0.15, 0.2) is 35.1 Å². The van der Waals surface area contributed by atoms with Gasteiger partial charge in [-0.15, -0.1) is 0 Å². The number of hydrogen-bond acceptors (Lipinski definition) is 4. The van der Waals surface area contributed by atoms with Gasteiger partial charge in [0.25, 0.3) is 5.56 Å². The second-order valence-corrected chi connectivity index (χ2v) is 6.40.